The van der Waals surface area contributed by atoms with Crippen molar-refractivity contribution in [3.8, 4) is 0 Å². The first kappa shape index (κ1) is 19.8. The number of aromatic amines is 2. The topological polar surface area (TPSA) is 53.2 Å². The van der Waals surface area contributed by atoms with Crippen molar-refractivity contribution in [3.05, 3.63) is 64.6 Å². The van der Waals surface area contributed by atoms with Crippen LogP contribution in [0.15, 0.2) is 46.9 Å². The lowest BCUT2D eigenvalue weighted by atomic mass is 9.91. The zero-order valence-electron chi connectivity index (χ0n) is 17.8. The van der Waals surface area contributed by atoms with Crippen LogP contribution in [0.4, 0.5) is 0 Å². The van der Waals surface area contributed by atoms with Crippen LogP contribution in [0.2, 0.25) is 0 Å². The molecule has 3 heterocycles. The van der Waals surface area contributed by atoms with E-state index in [4.69, 9.17) is 9.73 Å². The first-order chi connectivity index (χ1) is 14.3. The van der Waals surface area contributed by atoms with Crippen molar-refractivity contribution in [1.29, 1.82) is 0 Å². The molecule has 0 saturated heterocycles. The molecule has 29 heavy (non-hydrogen) atoms. The Labute approximate surface area is 174 Å². The molecule has 4 heteroatoms. The second-order valence-corrected chi connectivity index (χ2v) is 8.28. The zero-order chi connectivity index (χ0) is 20.1. The van der Waals surface area contributed by atoms with Crippen molar-refractivity contribution < 1.29 is 4.74 Å². The van der Waals surface area contributed by atoms with Gasteiger partial charge in [-0.2, -0.15) is 0 Å². The second kappa shape index (κ2) is 9.34. The summed E-state index contributed by atoms with van der Waals surface area (Å²) in [6.07, 6.45) is 17.8. The number of rotatable bonds is 6. The minimum Gasteiger partial charge on any atom is -0.494 e. The van der Waals surface area contributed by atoms with E-state index in [1.54, 1.807) is 7.11 Å². The number of methoxy groups -OCH3 is 1. The molecule has 1 unspecified atom stereocenters. The lowest BCUT2D eigenvalue weighted by Gasteiger charge is -2.16. The summed E-state index contributed by atoms with van der Waals surface area (Å²) in [4.78, 5) is 11.8. The van der Waals surface area contributed by atoms with Crippen molar-refractivity contribution in [2.75, 3.05) is 7.11 Å². The number of allylic oxidation sites excluding steroid dienone is 1. The molecular formula is C25H33N3O. The van der Waals surface area contributed by atoms with Crippen LogP contribution in [0.5, 0.6) is 0 Å². The highest BCUT2D eigenvalue weighted by molar-refractivity contribution is 6.11. The van der Waals surface area contributed by atoms with Crippen molar-refractivity contribution in [2.24, 2.45) is 4.99 Å². The van der Waals surface area contributed by atoms with E-state index >= 15 is 0 Å². The molecule has 2 aliphatic rings. The van der Waals surface area contributed by atoms with Gasteiger partial charge in [-0.15, -0.1) is 0 Å². The molecule has 0 radical (unpaired) electrons. The average molecular weight is 392 g/mol. The summed E-state index contributed by atoms with van der Waals surface area (Å²) in [5.41, 5.74) is 6.94. The number of aryl methyl sites for hydroxylation is 1. The maximum absolute atomic E-state index is 5.61. The lowest BCUT2D eigenvalue weighted by Crippen LogP contribution is -2.02. The van der Waals surface area contributed by atoms with Crippen LogP contribution < -0.4 is 0 Å². The number of H-pyrrole nitrogens is 2. The van der Waals surface area contributed by atoms with Crippen LogP contribution in [0.3, 0.4) is 0 Å². The van der Waals surface area contributed by atoms with Crippen LogP contribution >= 0.6 is 0 Å². The molecule has 2 aromatic rings. The summed E-state index contributed by atoms with van der Waals surface area (Å²) < 4.78 is 5.61. The Balaban J connectivity index is 1.64. The van der Waals surface area contributed by atoms with Crippen molar-refractivity contribution in [1.82, 2.24) is 9.97 Å². The average Bonchev–Trinajstić information content (AvgIpc) is 3.46. The van der Waals surface area contributed by atoms with E-state index in [1.807, 2.05) is 24.4 Å². The zero-order valence-corrected chi connectivity index (χ0v) is 17.8. The predicted molar refractivity (Wildman–Crippen MR) is 120 cm³/mol. The molecule has 154 valence electrons. The third-order valence-corrected chi connectivity index (χ3v) is 6.16. The van der Waals surface area contributed by atoms with Gasteiger partial charge >= 0.3 is 0 Å². The van der Waals surface area contributed by atoms with Gasteiger partial charge in [-0.05, 0) is 61.4 Å². The van der Waals surface area contributed by atoms with Gasteiger partial charge < -0.3 is 14.7 Å². The Hall–Kier alpha value is -2.49. The summed E-state index contributed by atoms with van der Waals surface area (Å²) in [5, 5.41) is 0. The number of nitrogens with one attached hydrogen (secondary N) is 2. The predicted octanol–water partition coefficient (Wildman–Crippen LogP) is 6.50. The SMILES string of the molecule is CCCCC1CCCCCCc2cc(/C=C3\N=C(c4ccc[nH]4)C=C3OC)[nH]c21. The number of nitrogens with zero attached hydrogens (tertiary/aromatic N) is 1. The van der Waals surface area contributed by atoms with Gasteiger partial charge in [0.05, 0.1) is 18.5 Å². The second-order valence-electron chi connectivity index (χ2n) is 8.28. The van der Waals surface area contributed by atoms with Gasteiger partial charge in [0.2, 0.25) is 0 Å². The smallest absolute Gasteiger partial charge is 0.146 e. The molecule has 1 atom stereocenters. The largest absolute Gasteiger partial charge is 0.494 e. The van der Waals surface area contributed by atoms with E-state index in [9.17, 15) is 0 Å². The van der Waals surface area contributed by atoms with Gasteiger partial charge in [-0.25, -0.2) is 4.99 Å². The molecule has 2 aromatic heterocycles. The van der Waals surface area contributed by atoms with Crippen LogP contribution in [0.1, 0.15) is 86.9 Å². The Kier molecular flexibility index (Phi) is 6.38. The number of unbranched alkanes of at least 4 members (excludes halogenated alkanes) is 1. The molecule has 0 fully saturated rings. The minimum absolute atomic E-state index is 0.661. The first-order valence-corrected chi connectivity index (χ1v) is 11.2. The number of hydrogen-bond donors (Lipinski definition) is 2. The normalized spacial score (nSPS) is 21.2. The highest BCUT2D eigenvalue weighted by Gasteiger charge is 2.21. The third kappa shape index (κ3) is 4.58. The van der Waals surface area contributed by atoms with Crippen LogP contribution in [0, 0.1) is 0 Å². The summed E-state index contributed by atoms with van der Waals surface area (Å²) >= 11 is 0. The molecule has 1 aliphatic heterocycles. The fourth-order valence-electron chi connectivity index (χ4n) is 4.59. The van der Waals surface area contributed by atoms with Gasteiger partial charge in [0.1, 0.15) is 11.5 Å². The molecular weight excluding hydrogens is 358 g/mol. The molecule has 2 N–H and O–H groups in total. The third-order valence-electron chi connectivity index (χ3n) is 6.16. The van der Waals surface area contributed by atoms with E-state index in [-0.39, 0.29) is 0 Å². The van der Waals surface area contributed by atoms with Crippen molar-refractivity contribution >= 4 is 11.8 Å². The molecule has 0 saturated carbocycles. The van der Waals surface area contributed by atoms with Gasteiger partial charge in [0.25, 0.3) is 0 Å². The number of fused-ring (bicyclic) bond motifs is 1. The molecule has 0 aromatic carbocycles. The van der Waals surface area contributed by atoms with E-state index in [2.05, 4.69) is 29.0 Å². The van der Waals surface area contributed by atoms with Crippen molar-refractivity contribution in [2.45, 2.75) is 70.6 Å². The summed E-state index contributed by atoms with van der Waals surface area (Å²) in [5.74, 6) is 1.48. The van der Waals surface area contributed by atoms with Gasteiger partial charge in [-0.3, -0.25) is 0 Å². The first-order valence-electron chi connectivity index (χ1n) is 11.2. The van der Waals surface area contributed by atoms with Crippen LogP contribution in [-0.2, 0) is 11.2 Å². The molecule has 4 rings (SSSR count). The quantitative estimate of drug-likeness (QED) is 0.580. The Morgan fingerprint density at radius 1 is 1.24 bits per heavy atom. The van der Waals surface area contributed by atoms with Gasteiger partial charge in [0.15, 0.2) is 0 Å². The number of aliphatic imine (C=N–C) groups is 1. The Morgan fingerprint density at radius 2 is 2.14 bits per heavy atom. The highest BCUT2D eigenvalue weighted by Crippen LogP contribution is 2.34. The fourth-order valence-corrected chi connectivity index (χ4v) is 4.59. The number of aromatic nitrogens is 2. The van der Waals surface area contributed by atoms with Gasteiger partial charge in [0, 0.05) is 23.7 Å². The van der Waals surface area contributed by atoms with E-state index in [0.29, 0.717) is 5.92 Å². The maximum atomic E-state index is 5.61. The molecule has 0 amide bonds. The molecule has 0 bridgehead atoms. The Morgan fingerprint density at radius 3 is 2.93 bits per heavy atom. The summed E-state index contributed by atoms with van der Waals surface area (Å²) in [6, 6.07) is 6.37. The van der Waals surface area contributed by atoms with Crippen molar-refractivity contribution in [3.63, 3.8) is 0 Å². The van der Waals surface area contributed by atoms with Gasteiger partial charge in [-0.1, -0.05) is 39.0 Å². The number of hydrogen-bond acceptors (Lipinski definition) is 2. The van der Waals surface area contributed by atoms with Crippen LogP contribution in [-0.4, -0.2) is 22.8 Å². The molecule has 0 spiro atoms. The van der Waals surface area contributed by atoms with E-state index in [0.717, 1.165) is 28.6 Å². The Bertz CT molecular complexity index is 899. The highest BCUT2D eigenvalue weighted by atomic mass is 16.5. The molecule has 1 aliphatic carbocycles. The fraction of sp³-hybridized carbons (Fsp3) is 0.480. The minimum atomic E-state index is 0.661. The lowest BCUT2D eigenvalue weighted by molar-refractivity contribution is 0.303. The summed E-state index contributed by atoms with van der Waals surface area (Å²) in [6.45, 7) is 2.29. The van der Waals surface area contributed by atoms with Crippen LogP contribution in [0.25, 0.3) is 6.08 Å². The standard InChI is InChI=1S/C25H33N3O/c1-3-4-10-18-11-7-5-6-8-12-19-15-20(27-25(18)19)16-23-24(29-2)17-22(28-23)21-13-9-14-26-21/h9,13-18,26-27H,3-8,10-12H2,1-2H3/b23-16-. The summed E-state index contributed by atoms with van der Waals surface area (Å²) in [7, 11) is 1.71. The van der Waals surface area contributed by atoms with E-state index in [1.165, 1.54) is 69.0 Å². The monoisotopic (exact) mass is 391 g/mol. The maximum Gasteiger partial charge on any atom is 0.146 e. The van der Waals surface area contributed by atoms with E-state index < -0.39 is 0 Å². The number of ether oxygens (including phenoxy) is 1. The molecule has 4 nitrogen and oxygen atoms in total.